The lowest BCUT2D eigenvalue weighted by Crippen LogP contribution is -2.31. The highest BCUT2D eigenvalue weighted by Gasteiger charge is 2.28. The first-order chi connectivity index (χ1) is 10.8. The summed E-state index contributed by atoms with van der Waals surface area (Å²) in [5.74, 6) is 1.55. The van der Waals surface area contributed by atoms with E-state index in [1.54, 1.807) is 30.6 Å². The fourth-order valence-corrected chi connectivity index (χ4v) is 2.19. The van der Waals surface area contributed by atoms with Crippen molar-refractivity contribution in [2.24, 2.45) is 0 Å². The van der Waals surface area contributed by atoms with Crippen LogP contribution < -0.4 is 10.6 Å². The molecule has 1 aliphatic rings. The Labute approximate surface area is 128 Å². The highest BCUT2D eigenvalue weighted by Crippen LogP contribution is 2.38. The first-order valence-electron chi connectivity index (χ1n) is 7.19. The molecular weight excluding hydrogens is 280 g/mol. The second-order valence-corrected chi connectivity index (χ2v) is 5.23. The van der Waals surface area contributed by atoms with Crippen molar-refractivity contribution in [3.05, 3.63) is 42.0 Å². The molecule has 1 fully saturated rings. The van der Waals surface area contributed by atoms with E-state index in [1.807, 2.05) is 10.6 Å². The van der Waals surface area contributed by atoms with Crippen molar-refractivity contribution in [2.45, 2.75) is 25.3 Å². The van der Waals surface area contributed by atoms with Gasteiger partial charge in [0.15, 0.2) is 0 Å². The molecule has 0 saturated heterocycles. The van der Waals surface area contributed by atoms with E-state index in [2.05, 4.69) is 20.8 Å². The maximum Gasteiger partial charge on any atom is 0.319 e. The summed E-state index contributed by atoms with van der Waals surface area (Å²) in [6, 6.07) is 8.48. The molecule has 112 valence electrons. The summed E-state index contributed by atoms with van der Waals surface area (Å²) < 4.78 is 1.99. The summed E-state index contributed by atoms with van der Waals surface area (Å²) in [7, 11) is 0. The molecule has 2 N–H and O–H groups in total. The Balaban J connectivity index is 1.45. The summed E-state index contributed by atoms with van der Waals surface area (Å²) >= 11 is 0. The third-order valence-electron chi connectivity index (χ3n) is 3.50. The predicted octanol–water partition coefficient (Wildman–Crippen LogP) is 1.85. The molecule has 0 unspecified atom stereocenters. The van der Waals surface area contributed by atoms with Crippen molar-refractivity contribution in [1.29, 1.82) is 5.26 Å². The Kier molecular flexibility index (Phi) is 4.01. The van der Waals surface area contributed by atoms with Crippen LogP contribution in [-0.4, -0.2) is 27.3 Å². The van der Waals surface area contributed by atoms with Gasteiger partial charge in [0.2, 0.25) is 0 Å². The Morgan fingerprint density at radius 2 is 2.14 bits per heavy atom. The zero-order valence-electron chi connectivity index (χ0n) is 12.0. The molecule has 2 amide bonds. The molecule has 0 bridgehead atoms. The fraction of sp³-hybridized carbons (Fsp3) is 0.333. The third kappa shape index (κ3) is 3.41. The SMILES string of the molecule is N#Cc1ccc(NC(=O)NCCn2cnnc2C2CC2)cc1. The van der Waals surface area contributed by atoms with Crippen molar-refractivity contribution in [1.82, 2.24) is 20.1 Å². The number of carbonyl (C=O) groups excluding carboxylic acids is 1. The number of amides is 2. The number of rotatable bonds is 5. The third-order valence-corrected chi connectivity index (χ3v) is 3.50. The molecule has 7 nitrogen and oxygen atoms in total. The molecule has 1 saturated carbocycles. The molecule has 0 spiro atoms. The number of nitriles is 1. The number of carbonyl (C=O) groups is 1. The van der Waals surface area contributed by atoms with E-state index in [0.717, 1.165) is 5.82 Å². The zero-order valence-corrected chi connectivity index (χ0v) is 12.0. The lowest BCUT2D eigenvalue weighted by molar-refractivity contribution is 0.251. The van der Waals surface area contributed by atoms with Gasteiger partial charge >= 0.3 is 6.03 Å². The van der Waals surface area contributed by atoms with Crippen molar-refractivity contribution in [3.63, 3.8) is 0 Å². The lowest BCUT2D eigenvalue weighted by atomic mass is 10.2. The maximum absolute atomic E-state index is 11.8. The van der Waals surface area contributed by atoms with E-state index in [1.165, 1.54) is 12.8 Å². The average Bonchev–Trinajstić information content (AvgIpc) is 3.27. The zero-order chi connectivity index (χ0) is 15.4. The summed E-state index contributed by atoms with van der Waals surface area (Å²) in [4.78, 5) is 11.8. The molecular formula is C15H16N6O. The highest BCUT2D eigenvalue weighted by molar-refractivity contribution is 5.89. The highest BCUT2D eigenvalue weighted by atomic mass is 16.2. The van der Waals surface area contributed by atoms with Gasteiger partial charge in [-0.1, -0.05) is 0 Å². The number of hydrogen-bond donors (Lipinski definition) is 2. The van der Waals surface area contributed by atoms with Crippen LogP contribution >= 0.6 is 0 Å². The molecule has 0 aliphatic heterocycles. The number of nitrogens with one attached hydrogen (secondary N) is 2. The molecule has 1 aliphatic carbocycles. The van der Waals surface area contributed by atoms with Gasteiger partial charge in [-0.25, -0.2) is 4.79 Å². The number of benzene rings is 1. The van der Waals surface area contributed by atoms with Gasteiger partial charge in [0, 0.05) is 24.7 Å². The minimum Gasteiger partial charge on any atom is -0.336 e. The van der Waals surface area contributed by atoms with Gasteiger partial charge in [-0.05, 0) is 37.1 Å². The van der Waals surface area contributed by atoms with E-state index < -0.39 is 0 Å². The first-order valence-corrected chi connectivity index (χ1v) is 7.19. The van der Waals surface area contributed by atoms with Gasteiger partial charge < -0.3 is 15.2 Å². The second kappa shape index (κ2) is 6.26. The lowest BCUT2D eigenvalue weighted by Gasteiger charge is -2.09. The molecule has 0 radical (unpaired) electrons. The Hall–Kier alpha value is -2.88. The molecule has 1 aromatic carbocycles. The quantitative estimate of drug-likeness (QED) is 0.880. The molecule has 2 aromatic rings. The topological polar surface area (TPSA) is 95.6 Å². The summed E-state index contributed by atoms with van der Waals surface area (Å²) in [6.07, 6.45) is 4.05. The van der Waals surface area contributed by atoms with Gasteiger partial charge in [-0.2, -0.15) is 5.26 Å². The van der Waals surface area contributed by atoms with Gasteiger partial charge in [-0.15, -0.1) is 10.2 Å². The van der Waals surface area contributed by atoms with E-state index in [9.17, 15) is 4.79 Å². The van der Waals surface area contributed by atoms with Gasteiger partial charge in [0.25, 0.3) is 0 Å². The van der Waals surface area contributed by atoms with E-state index in [-0.39, 0.29) is 6.03 Å². The molecule has 1 heterocycles. The first kappa shape index (κ1) is 14.1. The van der Waals surface area contributed by atoms with Crippen molar-refractivity contribution in [3.8, 4) is 6.07 Å². The number of aromatic nitrogens is 3. The van der Waals surface area contributed by atoms with Crippen LogP contribution in [-0.2, 0) is 6.54 Å². The van der Waals surface area contributed by atoms with Crippen molar-refractivity contribution in [2.75, 3.05) is 11.9 Å². The van der Waals surface area contributed by atoms with E-state index in [0.29, 0.717) is 30.3 Å². The van der Waals surface area contributed by atoms with Crippen LogP contribution in [0, 0.1) is 11.3 Å². The Morgan fingerprint density at radius 3 is 2.82 bits per heavy atom. The van der Waals surface area contributed by atoms with Gasteiger partial charge in [0.1, 0.15) is 12.2 Å². The average molecular weight is 296 g/mol. The van der Waals surface area contributed by atoms with Crippen molar-refractivity contribution < 1.29 is 4.79 Å². The maximum atomic E-state index is 11.8. The molecule has 3 rings (SSSR count). The van der Waals surface area contributed by atoms with Crippen LogP contribution in [0.4, 0.5) is 10.5 Å². The fourth-order valence-electron chi connectivity index (χ4n) is 2.19. The minimum atomic E-state index is -0.272. The van der Waals surface area contributed by atoms with Gasteiger partial charge in [0.05, 0.1) is 11.6 Å². The van der Waals surface area contributed by atoms with Gasteiger partial charge in [-0.3, -0.25) is 0 Å². The summed E-state index contributed by atoms with van der Waals surface area (Å²) in [5.41, 5.74) is 1.21. The Morgan fingerprint density at radius 1 is 1.36 bits per heavy atom. The normalized spacial score (nSPS) is 13.4. The standard InChI is InChI=1S/C15H16N6O/c16-9-11-1-5-13(6-2-11)19-15(22)17-7-8-21-10-18-20-14(21)12-3-4-12/h1-2,5-6,10,12H,3-4,7-8H2,(H2,17,19,22). The van der Waals surface area contributed by atoms with E-state index in [4.69, 9.17) is 5.26 Å². The molecule has 1 aromatic heterocycles. The number of anilines is 1. The van der Waals surface area contributed by atoms with Crippen LogP contribution in [0.5, 0.6) is 0 Å². The van der Waals surface area contributed by atoms with Crippen LogP contribution in [0.25, 0.3) is 0 Å². The monoisotopic (exact) mass is 296 g/mol. The molecule has 0 atom stereocenters. The molecule has 7 heteroatoms. The van der Waals surface area contributed by atoms with Crippen LogP contribution in [0.15, 0.2) is 30.6 Å². The van der Waals surface area contributed by atoms with Crippen LogP contribution in [0.2, 0.25) is 0 Å². The summed E-state index contributed by atoms with van der Waals surface area (Å²) in [5, 5.41) is 22.3. The summed E-state index contributed by atoms with van der Waals surface area (Å²) in [6.45, 7) is 1.15. The Bertz CT molecular complexity index is 696. The van der Waals surface area contributed by atoms with E-state index >= 15 is 0 Å². The minimum absolute atomic E-state index is 0.272. The van der Waals surface area contributed by atoms with Crippen LogP contribution in [0.1, 0.15) is 30.1 Å². The number of urea groups is 1. The molecule has 22 heavy (non-hydrogen) atoms. The number of hydrogen-bond acceptors (Lipinski definition) is 4. The second-order valence-electron chi connectivity index (χ2n) is 5.23. The van der Waals surface area contributed by atoms with Crippen molar-refractivity contribution >= 4 is 11.7 Å². The smallest absolute Gasteiger partial charge is 0.319 e. The predicted molar refractivity (Wildman–Crippen MR) is 80.2 cm³/mol. The van der Waals surface area contributed by atoms with Crippen LogP contribution in [0.3, 0.4) is 0 Å². The largest absolute Gasteiger partial charge is 0.336 e. The number of nitrogens with zero attached hydrogens (tertiary/aromatic N) is 4.